The molecule has 9 aromatic carbocycles. The zero-order chi connectivity index (χ0) is 40.3. The van der Waals surface area contributed by atoms with Crippen molar-refractivity contribution in [2.45, 2.75) is 0 Å². The Balaban J connectivity index is 1.14. The topological polar surface area (TPSA) is 44.0 Å². The Labute approximate surface area is 348 Å². The van der Waals surface area contributed by atoms with E-state index in [-0.39, 0.29) is 0 Å². The van der Waals surface area contributed by atoms with Crippen molar-refractivity contribution in [3.05, 3.63) is 231 Å². The first-order valence-electron chi connectivity index (χ1n) is 20.1. The lowest BCUT2D eigenvalue weighted by Crippen LogP contribution is -2.24. The van der Waals surface area contributed by atoms with Gasteiger partial charge < -0.3 is 18.3 Å². The molecule has 6 heteroatoms. The third-order valence-corrected chi connectivity index (χ3v) is 18.0. The Kier molecular flexibility index (Phi) is 8.67. The summed E-state index contributed by atoms with van der Waals surface area (Å²) in [4.78, 5) is 0. The van der Waals surface area contributed by atoms with Crippen LogP contribution in [0.5, 0.6) is 0 Å². The highest BCUT2D eigenvalue weighted by atomic mass is 31.2. The standard InChI is InChI=1S/C54H38N2O2P2/c57-59(39-19-5-1-6-20-39,40-21-7-2-8-22-40)43-33-35-51-47(37-43)45-27-13-15-29-49(45)55(51)53-31-17-18-32-54(53)56-50-30-16-14-28-46(50)48-38-44(34-36-52(48)56)60(58,41-23-9-3-10-24-41)42-25-11-4-12-26-42/h1-38H. The fourth-order valence-electron chi connectivity index (χ4n) is 9.12. The highest BCUT2D eigenvalue weighted by Crippen LogP contribution is 2.46. The molecule has 0 aliphatic rings. The third-order valence-electron chi connectivity index (χ3n) is 11.9. The van der Waals surface area contributed by atoms with E-state index >= 15 is 9.13 Å². The van der Waals surface area contributed by atoms with Crippen LogP contribution in [0.1, 0.15) is 0 Å². The maximum atomic E-state index is 15.6. The van der Waals surface area contributed by atoms with E-state index in [0.29, 0.717) is 0 Å². The van der Waals surface area contributed by atoms with Crippen molar-refractivity contribution in [2.75, 3.05) is 0 Å². The molecule has 0 aliphatic carbocycles. The van der Waals surface area contributed by atoms with E-state index in [1.54, 1.807) is 0 Å². The zero-order valence-electron chi connectivity index (χ0n) is 32.5. The average Bonchev–Trinajstić information content (AvgIpc) is 3.84. The first-order chi connectivity index (χ1) is 29.5. The molecule has 0 N–H and O–H groups in total. The zero-order valence-corrected chi connectivity index (χ0v) is 34.3. The van der Waals surface area contributed by atoms with Crippen LogP contribution in [0, 0.1) is 0 Å². The van der Waals surface area contributed by atoms with Crippen LogP contribution >= 0.6 is 14.3 Å². The van der Waals surface area contributed by atoms with E-state index in [1.807, 2.05) is 121 Å². The lowest BCUT2D eigenvalue weighted by atomic mass is 10.1. The summed E-state index contributed by atoms with van der Waals surface area (Å²) in [6, 6.07) is 77.7. The minimum Gasteiger partial charge on any atom is -0.309 e. The number of benzene rings is 9. The largest absolute Gasteiger partial charge is 0.309 e. The summed E-state index contributed by atoms with van der Waals surface area (Å²) in [7, 11) is -6.43. The third kappa shape index (κ3) is 5.53. The minimum absolute atomic E-state index is 0.796. The van der Waals surface area contributed by atoms with E-state index in [9.17, 15) is 0 Å². The van der Waals surface area contributed by atoms with Gasteiger partial charge in [0.25, 0.3) is 0 Å². The molecule has 0 fully saturated rings. The number of fused-ring (bicyclic) bond motifs is 6. The van der Waals surface area contributed by atoms with Crippen LogP contribution < -0.4 is 31.8 Å². The summed E-state index contributed by atoms with van der Waals surface area (Å²) in [6.45, 7) is 0. The normalized spacial score (nSPS) is 12.1. The number of rotatable bonds is 8. The summed E-state index contributed by atoms with van der Waals surface area (Å²) in [5.41, 5.74) is 6.18. The van der Waals surface area contributed by atoms with Crippen molar-refractivity contribution in [3.63, 3.8) is 0 Å². The summed E-state index contributed by atoms with van der Waals surface area (Å²) in [5.74, 6) is 0. The van der Waals surface area contributed by atoms with Crippen molar-refractivity contribution in [1.82, 2.24) is 9.13 Å². The van der Waals surface area contributed by atoms with Gasteiger partial charge >= 0.3 is 0 Å². The van der Waals surface area contributed by atoms with Gasteiger partial charge in [-0.1, -0.05) is 170 Å². The predicted molar refractivity (Wildman–Crippen MR) is 254 cm³/mol. The van der Waals surface area contributed by atoms with Crippen molar-refractivity contribution in [2.24, 2.45) is 0 Å². The molecular formula is C54H38N2O2P2. The molecule has 11 rings (SSSR count). The van der Waals surface area contributed by atoms with E-state index in [4.69, 9.17) is 0 Å². The molecule has 0 amide bonds. The summed E-state index contributed by atoms with van der Waals surface area (Å²) in [6.07, 6.45) is 0. The molecule has 0 unspecified atom stereocenters. The number of hydrogen-bond donors (Lipinski definition) is 0. The fourth-order valence-corrected chi connectivity index (χ4v) is 14.5. The maximum Gasteiger partial charge on any atom is 0.171 e. The number of hydrogen-bond acceptors (Lipinski definition) is 2. The highest BCUT2D eigenvalue weighted by Gasteiger charge is 2.32. The van der Waals surface area contributed by atoms with Gasteiger partial charge in [0.05, 0.1) is 33.4 Å². The molecule has 0 radical (unpaired) electrons. The number of nitrogens with zero attached hydrogens (tertiary/aromatic N) is 2. The van der Waals surface area contributed by atoms with E-state index in [0.717, 1.165) is 86.8 Å². The molecule has 2 aromatic heterocycles. The predicted octanol–water partition coefficient (Wildman–Crippen LogP) is 11.2. The quantitative estimate of drug-likeness (QED) is 0.144. The molecule has 0 saturated carbocycles. The summed E-state index contributed by atoms with van der Waals surface area (Å²) >= 11 is 0. The van der Waals surface area contributed by atoms with Crippen LogP contribution in [-0.2, 0) is 9.13 Å². The maximum absolute atomic E-state index is 15.6. The van der Waals surface area contributed by atoms with Gasteiger partial charge in [-0.25, -0.2) is 0 Å². The molecule has 0 saturated heterocycles. The van der Waals surface area contributed by atoms with Crippen LogP contribution in [-0.4, -0.2) is 9.13 Å². The molecule has 11 aromatic rings. The van der Waals surface area contributed by atoms with Gasteiger partial charge in [-0.2, -0.15) is 0 Å². The highest BCUT2D eigenvalue weighted by molar-refractivity contribution is 7.85. The number of aromatic nitrogens is 2. The minimum atomic E-state index is -3.21. The van der Waals surface area contributed by atoms with Crippen LogP contribution in [0.25, 0.3) is 55.0 Å². The molecular weight excluding hydrogens is 771 g/mol. The molecule has 286 valence electrons. The molecule has 60 heavy (non-hydrogen) atoms. The van der Waals surface area contributed by atoms with Gasteiger partial charge in [0.15, 0.2) is 14.3 Å². The van der Waals surface area contributed by atoms with Crippen molar-refractivity contribution in [3.8, 4) is 11.4 Å². The lowest BCUT2D eigenvalue weighted by molar-refractivity contribution is 0.591. The smallest absolute Gasteiger partial charge is 0.171 e. The van der Waals surface area contributed by atoms with Gasteiger partial charge in [-0.3, -0.25) is 0 Å². The summed E-state index contributed by atoms with van der Waals surface area (Å²) in [5, 5.41) is 9.07. The molecule has 0 spiro atoms. The van der Waals surface area contributed by atoms with Crippen molar-refractivity contribution < 1.29 is 9.13 Å². The van der Waals surface area contributed by atoms with Gasteiger partial charge in [0.1, 0.15) is 0 Å². The van der Waals surface area contributed by atoms with E-state index < -0.39 is 14.3 Å². The van der Waals surface area contributed by atoms with Crippen LogP contribution in [0.2, 0.25) is 0 Å². The van der Waals surface area contributed by atoms with Crippen LogP contribution in [0.15, 0.2) is 231 Å². The number of para-hydroxylation sites is 4. The Hall–Kier alpha value is -6.96. The van der Waals surface area contributed by atoms with Gasteiger partial charge in [0, 0.05) is 53.4 Å². The second-order valence-corrected chi connectivity index (χ2v) is 20.7. The Morgan fingerprint density at radius 3 is 0.883 bits per heavy atom. The van der Waals surface area contributed by atoms with Gasteiger partial charge in [-0.15, -0.1) is 0 Å². The molecule has 4 nitrogen and oxygen atoms in total. The second kappa shape index (κ2) is 14.4. The molecule has 0 atom stereocenters. The molecule has 2 heterocycles. The monoisotopic (exact) mass is 808 g/mol. The van der Waals surface area contributed by atoms with Crippen LogP contribution in [0.3, 0.4) is 0 Å². The lowest BCUT2D eigenvalue weighted by Gasteiger charge is -2.21. The van der Waals surface area contributed by atoms with Crippen molar-refractivity contribution in [1.29, 1.82) is 0 Å². The summed E-state index contributed by atoms with van der Waals surface area (Å²) < 4.78 is 35.8. The van der Waals surface area contributed by atoms with Crippen molar-refractivity contribution >= 4 is 89.7 Å². The second-order valence-electron chi connectivity index (χ2n) is 15.2. The van der Waals surface area contributed by atoms with E-state index in [2.05, 4.69) is 118 Å². The Morgan fingerprint density at radius 1 is 0.250 bits per heavy atom. The Morgan fingerprint density at radius 2 is 0.533 bits per heavy atom. The van der Waals surface area contributed by atoms with Gasteiger partial charge in [0.2, 0.25) is 0 Å². The Bertz CT molecular complexity index is 3170. The molecule has 0 aliphatic heterocycles. The molecule has 0 bridgehead atoms. The first kappa shape index (κ1) is 36.1. The first-order valence-corrected chi connectivity index (χ1v) is 23.6. The van der Waals surface area contributed by atoms with Gasteiger partial charge in [-0.05, 0) is 60.7 Å². The SMILES string of the molecule is O=P(c1ccccc1)(c1ccccc1)c1ccc2c(c1)c1ccccc1n2-c1ccccc1-n1c2ccccc2c2cc(P(=O)(c3ccccc3)c3ccccc3)ccc21. The van der Waals surface area contributed by atoms with E-state index in [1.165, 1.54) is 0 Å². The fraction of sp³-hybridized carbons (Fsp3) is 0. The van der Waals surface area contributed by atoms with Crippen LogP contribution in [0.4, 0.5) is 0 Å². The average molecular weight is 809 g/mol.